The topological polar surface area (TPSA) is 63.5 Å². The van der Waals surface area contributed by atoms with E-state index < -0.39 is 4.92 Å². The monoisotopic (exact) mass is 222 g/mol. The van der Waals surface area contributed by atoms with Gasteiger partial charge in [-0.1, -0.05) is 6.92 Å². The van der Waals surface area contributed by atoms with Crippen LogP contribution in [0.25, 0.3) is 0 Å². The smallest absolute Gasteiger partial charge is 0.269 e. The quantitative estimate of drug-likeness (QED) is 0.432. The molecule has 0 radical (unpaired) electrons. The summed E-state index contributed by atoms with van der Waals surface area (Å²) in [7, 11) is 1.85. The van der Waals surface area contributed by atoms with Gasteiger partial charge in [0, 0.05) is 17.7 Å². The van der Waals surface area contributed by atoms with Gasteiger partial charge in [-0.05, 0) is 25.7 Å². The minimum atomic E-state index is -0.480. The van der Waals surface area contributed by atoms with Crippen LogP contribution in [0.15, 0.2) is 24.3 Å². The molecular formula is C11H14N2O3. The molecule has 1 rings (SSSR count). The van der Waals surface area contributed by atoms with E-state index in [1.165, 1.54) is 24.3 Å². The van der Waals surface area contributed by atoms with Crippen molar-refractivity contribution in [3.8, 4) is 0 Å². The molecule has 0 atom stereocenters. The molecule has 0 fully saturated rings. The summed E-state index contributed by atoms with van der Waals surface area (Å²) in [5, 5.41) is 10.4. The molecule has 0 spiro atoms. The second kappa shape index (κ2) is 5.37. The van der Waals surface area contributed by atoms with E-state index in [-0.39, 0.29) is 11.5 Å². The molecule has 0 saturated carbocycles. The lowest BCUT2D eigenvalue weighted by Crippen LogP contribution is -2.25. The van der Waals surface area contributed by atoms with Crippen LogP contribution in [0.4, 0.5) is 5.69 Å². The van der Waals surface area contributed by atoms with Gasteiger partial charge >= 0.3 is 0 Å². The number of benzene rings is 1. The predicted molar refractivity (Wildman–Crippen MR) is 60.6 cm³/mol. The van der Waals surface area contributed by atoms with Crippen LogP contribution in [-0.2, 0) is 0 Å². The number of likely N-dealkylation sites (N-methyl/N-ethyl adjacent to an activating group) is 1. The van der Waals surface area contributed by atoms with Crippen LogP contribution in [0.5, 0.6) is 0 Å². The second-order valence-corrected chi connectivity index (χ2v) is 3.56. The van der Waals surface area contributed by atoms with Crippen molar-refractivity contribution in [2.75, 3.05) is 20.1 Å². The molecule has 0 aromatic heterocycles. The number of ketones is 1. The first kappa shape index (κ1) is 12.3. The Labute approximate surface area is 93.8 Å². The Morgan fingerprint density at radius 3 is 2.38 bits per heavy atom. The second-order valence-electron chi connectivity index (χ2n) is 3.56. The number of carbonyl (C=O) groups excluding carboxylic acids is 1. The van der Waals surface area contributed by atoms with E-state index in [0.29, 0.717) is 12.1 Å². The molecule has 0 saturated heterocycles. The Morgan fingerprint density at radius 2 is 1.94 bits per heavy atom. The third-order valence-corrected chi connectivity index (χ3v) is 2.35. The Kier molecular flexibility index (Phi) is 4.13. The fourth-order valence-corrected chi connectivity index (χ4v) is 1.22. The van der Waals surface area contributed by atoms with Crippen molar-refractivity contribution in [1.29, 1.82) is 0 Å². The maximum atomic E-state index is 11.7. The van der Waals surface area contributed by atoms with Crippen molar-refractivity contribution >= 4 is 11.5 Å². The van der Waals surface area contributed by atoms with Gasteiger partial charge < -0.3 is 0 Å². The Balaban J connectivity index is 2.74. The molecule has 0 heterocycles. The fraction of sp³-hybridized carbons (Fsp3) is 0.364. The van der Waals surface area contributed by atoms with Gasteiger partial charge in [-0.3, -0.25) is 19.8 Å². The van der Waals surface area contributed by atoms with E-state index >= 15 is 0 Å². The number of nitro benzene ring substituents is 1. The molecular weight excluding hydrogens is 208 g/mol. The van der Waals surface area contributed by atoms with E-state index in [4.69, 9.17) is 0 Å². The maximum absolute atomic E-state index is 11.7. The molecule has 5 nitrogen and oxygen atoms in total. The van der Waals surface area contributed by atoms with Gasteiger partial charge in [-0.2, -0.15) is 0 Å². The molecule has 5 heteroatoms. The van der Waals surface area contributed by atoms with Crippen LogP contribution in [-0.4, -0.2) is 35.7 Å². The summed E-state index contributed by atoms with van der Waals surface area (Å²) < 4.78 is 0. The lowest BCUT2D eigenvalue weighted by atomic mass is 10.1. The molecule has 0 aliphatic rings. The van der Waals surface area contributed by atoms with E-state index in [1.807, 2.05) is 18.9 Å². The number of nitrogens with zero attached hydrogens (tertiary/aromatic N) is 2. The first-order chi connectivity index (χ1) is 7.54. The van der Waals surface area contributed by atoms with E-state index in [9.17, 15) is 14.9 Å². The van der Waals surface area contributed by atoms with Crippen molar-refractivity contribution < 1.29 is 9.72 Å². The Hall–Kier alpha value is -1.75. The minimum absolute atomic E-state index is 0.000367. The number of carbonyl (C=O) groups is 1. The zero-order valence-corrected chi connectivity index (χ0v) is 9.34. The summed E-state index contributed by atoms with van der Waals surface area (Å²) in [5.74, 6) is -0.0285. The van der Waals surface area contributed by atoms with Gasteiger partial charge in [0.2, 0.25) is 0 Å². The van der Waals surface area contributed by atoms with E-state index in [0.717, 1.165) is 6.54 Å². The zero-order chi connectivity index (χ0) is 12.1. The highest BCUT2D eigenvalue weighted by molar-refractivity contribution is 5.97. The summed E-state index contributed by atoms with van der Waals surface area (Å²) in [6.45, 7) is 3.08. The highest BCUT2D eigenvalue weighted by Gasteiger charge is 2.10. The molecule has 0 unspecified atom stereocenters. The number of rotatable bonds is 5. The predicted octanol–water partition coefficient (Wildman–Crippen LogP) is 1.73. The van der Waals surface area contributed by atoms with Crippen LogP contribution < -0.4 is 0 Å². The van der Waals surface area contributed by atoms with Gasteiger partial charge in [0.25, 0.3) is 5.69 Å². The fourth-order valence-electron chi connectivity index (χ4n) is 1.22. The lowest BCUT2D eigenvalue weighted by Gasteiger charge is -2.12. The van der Waals surface area contributed by atoms with Crippen molar-refractivity contribution in [1.82, 2.24) is 4.90 Å². The molecule has 1 aromatic carbocycles. The summed E-state index contributed by atoms with van der Waals surface area (Å²) in [6.07, 6.45) is 0. The third-order valence-electron chi connectivity index (χ3n) is 2.35. The molecule has 0 aliphatic carbocycles. The Morgan fingerprint density at radius 1 is 1.38 bits per heavy atom. The summed E-state index contributed by atoms with van der Waals surface area (Å²) in [5.41, 5.74) is 0.506. The van der Waals surface area contributed by atoms with Crippen LogP contribution >= 0.6 is 0 Å². The van der Waals surface area contributed by atoms with Gasteiger partial charge in [0.15, 0.2) is 5.78 Å². The maximum Gasteiger partial charge on any atom is 0.269 e. The largest absolute Gasteiger partial charge is 0.299 e. The molecule has 0 aliphatic heterocycles. The van der Waals surface area contributed by atoms with E-state index in [1.54, 1.807) is 0 Å². The number of nitro groups is 1. The standard InChI is InChI=1S/C11H14N2O3/c1-3-12(2)8-11(14)9-4-6-10(7-5-9)13(15)16/h4-7H,3,8H2,1-2H3. The third kappa shape index (κ3) is 3.13. The summed E-state index contributed by atoms with van der Waals surface area (Å²) in [4.78, 5) is 23.5. The van der Waals surface area contributed by atoms with Crippen LogP contribution in [0.3, 0.4) is 0 Å². The average molecular weight is 222 g/mol. The number of hydrogen-bond acceptors (Lipinski definition) is 4. The minimum Gasteiger partial charge on any atom is -0.299 e. The van der Waals surface area contributed by atoms with Gasteiger partial charge in [-0.25, -0.2) is 0 Å². The van der Waals surface area contributed by atoms with Crippen LogP contribution in [0.2, 0.25) is 0 Å². The first-order valence-electron chi connectivity index (χ1n) is 5.00. The highest BCUT2D eigenvalue weighted by atomic mass is 16.6. The van der Waals surface area contributed by atoms with E-state index in [2.05, 4.69) is 0 Å². The first-order valence-corrected chi connectivity index (χ1v) is 5.00. The summed E-state index contributed by atoms with van der Waals surface area (Å²) in [6, 6.07) is 5.67. The molecule has 1 aromatic rings. The van der Waals surface area contributed by atoms with Gasteiger partial charge in [-0.15, -0.1) is 0 Å². The van der Waals surface area contributed by atoms with Crippen molar-refractivity contribution in [2.24, 2.45) is 0 Å². The van der Waals surface area contributed by atoms with Crippen molar-refractivity contribution in [3.05, 3.63) is 39.9 Å². The number of non-ortho nitro benzene ring substituents is 1. The highest BCUT2D eigenvalue weighted by Crippen LogP contribution is 2.12. The average Bonchev–Trinajstić information content (AvgIpc) is 2.28. The van der Waals surface area contributed by atoms with Crippen molar-refractivity contribution in [3.63, 3.8) is 0 Å². The normalized spacial score (nSPS) is 10.4. The number of Topliss-reactive ketones (excluding diaryl/α,β-unsaturated/α-hetero) is 1. The van der Waals surface area contributed by atoms with Gasteiger partial charge in [0.1, 0.15) is 0 Å². The lowest BCUT2D eigenvalue weighted by molar-refractivity contribution is -0.384. The van der Waals surface area contributed by atoms with Gasteiger partial charge in [0.05, 0.1) is 11.5 Å². The molecule has 16 heavy (non-hydrogen) atoms. The SMILES string of the molecule is CCN(C)CC(=O)c1ccc([N+](=O)[O-])cc1. The number of hydrogen-bond donors (Lipinski definition) is 0. The molecule has 0 amide bonds. The summed E-state index contributed by atoms with van der Waals surface area (Å²) >= 11 is 0. The molecule has 0 N–H and O–H groups in total. The van der Waals surface area contributed by atoms with Crippen LogP contribution in [0.1, 0.15) is 17.3 Å². The van der Waals surface area contributed by atoms with Crippen molar-refractivity contribution in [2.45, 2.75) is 6.92 Å². The molecule has 86 valence electrons. The zero-order valence-electron chi connectivity index (χ0n) is 9.34. The molecule has 0 bridgehead atoms. The van der Waals surface area contributed by atoms with Crippen LogP contribution in [0, 0.1) is 10.1 Å². The Bertz CT molecular complexity index is 387.